The summed E-state index contributed by atoms with van der Waals surface area (Å²) in [4.78, 5) is 13.8. The van der Waals surface area contributed by atoms with Crippen LogP contribution in [0.25, 0.3) is 76.7 Å². The molecule has 0 fully saturated rings. The van der Waals surface area contributed by atoms with Crippen LogP contribution in [-0.4, -0.2) is 16.2 Å². The Morgan fingerprint density at radius 2 is 1.08 bits per heavy atom. The van der Waals surface area contributed by atoms with Gasteiger partial charge in [-0.15, -0.1) is 0 Å². The van der Waals surface area contributed by atoms with Crippen LogP contribution in [0.15, 0.2) is 180 Å². The molecule has 1 aliphatic rings. The fourth-order valence-electron chi connectivity index (χ4n) is 11.3. The minimum atomic E-state index is -0.198. The fourth-order valence-corrected chi connectivity index (χ4v) is 11.3. The molecule has 1 aliphatic heterocycles. The highest BCUT2D eigenvalue weighted by Gasteiger charge is 2.33. The smallest absolute Gasteiger partial charge is 0.229 e. The number of hydrogen-bond acceptors (Lipinski definition) is 5. The first-order valence-electron chi connectivity index (χ1n) is 27.2. The quantitative estimate of drug-likeness (QED) is 0.149. The van der Waals surface area contributed by atoms with Crippen molar-refractivity contribution < 1.29 is 9.15 Å². The summed E-state index contributed by atoms with van der Waals surface area (Å²) in [5.74, 6) is 2.25. The molecule has 0 bridgehead atoms. The van der Waals surface area contributed by atoms with Gasteiger partial charge in [0.1, 0.15) is 35.2 Å². The van der Waals surface area contributed by atoms with Crippen molar-refractivity contribution in [3.05, 3.63) is 210 Å². The summed E-state index contributed by atoms with van der Waals surface area (Å²) in [7, 11) is 0. The number of fused-ring (bicyclic) bond motifs is 8. The first-order chi connectivity index (χ1) is 37.1. The molecule has 7 nitrogen and oxygen atoms in total. The molecule has 11 aromatic rings. The standard InChI is InChI=1S/C71H67N5O2/c1-68(2,3)46-28-24-44(25-29-46)53-18-16-19-54(45-26-30-47(31-27-45)69(4,5)6)65(53)75-43-74(59-22-14-15-23-60(59)75)50-38-49(71(10,11)12)39-52(41-50)77-51-32-33-57-62(42-51)76(63-40-48(36-37-73-63)70(7,8)9)61-35-34-56-55-20-17-21-58(72-13)66(55)78-67(56)64(57)61/h14-42H,43H2,1-12H3. The highest BCUT2D eigenvalue weighted by atomic mass is 16.5. The number of rotatable bonds is 7. The highest BCUT2D eigenvalue weighted by molar-refractivity contribution is 6.24. The van der Waals surface area contributed by atoms with Crippen molar-refractivity contribution in [3.8, 4) is 39.6 Å². The monoisotopic (exact) mass is 1020 g/mol. The number of pyridine rings is 1. The summed E-state index contributed by atoms with van der Waals surface area (Å²) in [5, 5.41) is 3.86. The number of hydrogen-bond donors (Lipinski definition) is 0. The van der Waals surface area contributed by atoms with Crippen molar-refractivity contribution in [3.63, 3.8) is 0 Å². The first kappa shape index (κ1) is 50.2. The molecule has 0 saturated heterocycles. The third-order valence-corrected chi connectivity index (χ3v) is 15.8. The van der Waals surface area contributed by atoms with E-state index in [1.54, 1.807) is 0 Å². The zero-order valence-electron chi connectivity index (χ0n) is 47.0. The average Bonchev–Trinajstić information content (AvgIpc) is 4.31. The second-order valence-electron chi connectivity index (χ2n) is 25.3. The van der Waals surface area contributed by atoms with E-state index in [9.17, 15) is 0 Å². The minimum absolute atomic E-state index is 0.0359. The number of nitrogens with zero attached hydrogens (tertiary/aromatic N) is 5. The van der Waals surface area contributed by atoms with E-state index in [0.29, 0.717) is 23.7 Å². The lowest BCUT2D eigenvalue weighted by molar-refractivity contribution is 0.479. The van der Waals surface area contributed by atoms with E-state index >= 15 is 0 Å². The number of para-hydroxylation sites is 4. The van der Waals surface area contributed by atoms with Crippen molar-refractivity contribution in [2.45, 2.75) is 105 Å². The van der Waals surface area contributed by atoms with Gasteiger partial charge in [-0.05, 0) is 116 Å². The lowest BCUT2D eigenvalue weighted by atomic mass is 9.85. The van der Waals surface area contributed by atoms with Crippen LogP contribution >= 0.6 is 0 Å². The van der Waals surface area contributed by atoms with Crippen LogP contribution in [-0.2, 0) is 21.7 Å². The van der Waals surface area contributed by atoms with Gasteiger partial charge in [-0.2, -0.15) is 0 Å². The molecule has 0 unspecified atom stereocenters. The van der Waals surface area contributed by atoms with Gasteiger partial charge in [0.15, 0.2) is 0 Å². The fraction of sp³-hybridized carbons (Fsp3) is 0.239. The average molecular weight is 1020 g/mol. The molecule has 388 valence electrons. The normalized spacial score (nSPS) is 13.3. The summed E-state index contributed by atoms with van der Waals surface area (Å²) in [6.45, 7) is 35.6. The van der Waals surface area contributed by atoms with E-state index in [1.807, 2.05) is 24.4 Å². The molecule has 4 heterocycles. The molecule has 0 N–H and O–H groups in total. The van der Waals surface area contributed by atoms with Gasteiger partial charge in [-0.1, -0.05) is 180 Å². The molecule has 0 saturated carbocycles. The Morgan fingerprint density at radius 3 is 1.69 bits per heavy atom. The molecular formula is C71H67N5O2. The summed E-state index contributed by atoms with van der Waals surface area (Å²) in [6.07, 6.45) is 1.90. The van der Waals surface area contributed by atoms with Crippen molar-refractivity contribution >= 4 is 72.2 Å². The van der Waals surface area contributed by atoms with Crippen LogP contribution in [0.2, 0.25) is 0 Å². The third kappa shape index (κ3) is 8.74. The Kier molecular flexibility index (Phi) is 11.8. The van der Waals surface area contributed by atoms with Gasteiger partial charge in [-0.25, -0.2) is 9.83 Å². The highest BCUT2D eigenvalue weighted by Crippen LogP contribution is 2.52. The van der Waals surface area contributed by atoms with Gasteiger partial charge >= 0.3 is 0 Å². The summed E-state index contributed by atoms with van der Waals surface area (Å²) in [6, 6.07) is 61.3. The van der Waals surface area contributed by atoms with E-state index in [4.69, 9.17) is 20.7 Å². The molecular weight excluding hydrogens is 955 g/mol. The van der Waals surface area contributed by atoms with E-state index in [1.165, 1.54) is 44.6 Å². The van der Waals surface area contributed by atoms with E-state index < -0.39 is 0 Å². The molecule has 7 heteroatoms. The van der Waals surface area contributed by atoms with Gasteiger partial charge < -0.3 is 19.0 Å². The van der Waals surface area contributed by atoms with Crippen LogP contribution in [0.3, 0.4) is 0 Å². The van der Waals surface area contributed by atoms with Gasteiger partial charge in [0.05, 0.1) is 40.1 Å². The number of ether oxygens (including phenoxy) is 1. The largest absolute Gasteiger partial charge is 0.466 e. The summed E-state index contributed by atoms with van der Waals surface area (Å²) in [5.41, 5.74) is 17.7. The van der Waals surface area contributed by atoms with Gasteiger partial charge in [-0.3, -0.25) is 4.57 Å². The van der Waals surface area contributed by atoms with E-state index in [-0.39, 0.29) is 21.7 Å². The van der Waals surface area contributed by atoms with Crippen molar-refractivity contribution in [1.29, 1.82) is 0 Å². The lowest BCUT2D eigenvalue weighted by Crippen LogP contribution is -2.25. The maximum Gasteiger partial charge on any atom is 0.229 e. The Labute approximate surface area is 459 Å². The van der Waals surface area contributed by atoms with Crippen molar-refractivity contribution in [1.82, 2.24) is 9.55 Å². The number of aromatic nitrogens is 2. The maximum absolute atomic E-state index is 7.93. The van der Waals surface area contributed by atoms with Gasteiger partial charge in [0.2, 0.25) is 5.69 Å². The van der Waals surface area contributed by atoms with Crippen LogP contribution in [0.4, 0.5) is 28.4 Å². The van der Waals surface area contributed by atoms with Crippen molar-refractivity contribution in [2.75, 3.05) is 16.5 Å². The van der Waals surface area contributed by atoms with Crippen LogP contribution in [0.1, 0.15) is 105 Å². The van der Waals surface area contributed by atoms with Gasteiger partial charge in [0.25, 0.3) is 0 Å². The zero-order chi connectivity index (χ0) is 54.6. The second kappa shape index (κ2) is 18.3. The van der Waals surface area contributed by atoms with Crippen LogP contribution < -0.4 is 14.5 Å². The minimum Gasteiger partial charge on any atom is -0.466 e. The Bertz CT molecular complexity index is 4120. The number of furan rings is 1. The first-order valence-corrected chi connectivity index (χ1v) is 27.2. The number of anilines is 4. The lowest BCUT2D eigenvalue weighted by Gasteiger charge is -2.29. The second-order valence-corrected chi connectivity index (χ2v) is 25.3. The molecule has 78 heavy (non-hydrogen) atoms. The Hall–Kier alpha value is -8.60. The maximum atomic E-state index is 7.93. The number of benzene rings is 8. The molecule has 8 aromatic carbocycles. The zero-order valence-corrected chi connectivity index (χ0v) is 47.0. The molecule has 0 aliphatic carbocycles. The molecule has 0 spiro atoms. The molecule has 0 atom stereocenters. The summed E-state index contributed by atoms with van der Waals surface area (Å²) < 4.78 is 16.1. The third-order valence-electron chi connectivity index (χ3n) is 15.8. The molecule has 0 radical (unpaired) electrons. The molecule has 0 amide bonds. The Morgan fingerprint density at radius 1 is 0.487 bits per heavy atom. The SMILES string of the molecule is [C-]#[N+]c1cccc2c1oc1c2ccc2c1c1ccc(Oc3cc(N4CN(c5c(-c6ccc(C(C)(C)C)cc6)cccc5-c5ccc(C(C)(C)C)cc5)c5ccccc54)cc(C(C)(C)C)c3)cc1n2-c1cc(C(C)(C)C)ccn1. The topological polar surface area (TPSA) is 51.0 Å². The predicted molar refractivity (Wildman–Crippen MR) is 326 cm³/mol. The predicted octanol–water partition coefficient (Wildman–Crippen LogP) is 20.2. The summed E-state index contributed by atoms with van der Waals surface area (Å²) >= 11 is 0. The Balaban J connectivity index is 0.994. The van der Waals surface area contributed by atoms with Crippen LogP contribution in [0, 0.1) is 6.57 Å². The van der Waals surface area contributed by atoms with Gasteiger partial charge in [0, 0.05) is 51.3 Å². The van der Waals surface area contributed by atoms with E-state index in [0.717, 1.165) is 72.4 Å². The molecule has 12 rings (SSSR count). The van der Waals surface area contributed by atoms with Crippen LogP contribution in [0.5, 0.6) is 11.5 Å². The van der Waals surface area contributed by atoms with Crippen molar-refractivity contribution in [2.24, 2.45) is 0 Å². The molecule has 3 aromatic heterocycles. The van der Waals surface area contributed by atoms with E-state index in [2.05, 4.69) is 254 Å².